The van der Waals surface area contributed by atoms with Crippen molar-refractivity contribution in [1.82, 2.24) is 0 Å². The van der Waals surface area contributed by atoms with Gasteiger partial charge in [-0.3, -0.25) is 4.79 Å². The Kier molecular flexibility index (Phi) is 19.2. The summed E-state index contributed by atoms with van der Waals surface area (Å²) in [6.07, 6.45) is -16.1. The summed E-state index contributed by atoms with van der Waals surface area (Å²) in [4.78, 5) is 23.2. The number of rotatable bonds is 22. The molecular weight excluding hydrogens is 632 g/mol. The molecule has 2 fully saturated rings. The molecule has 14 atom stereocenters. The van der Waals surface area contributed by atoms with Crippen molar-refractivity contribution in [3.8, 4) is 0 Å². The van der Waals surface area contributed by atoms with Crippen LogP contribution in [0.2, 0.25) is 0 Å². The summed E-state index contributed by atoms with van der Waals surface area (Å²) in [6, 6.07) is 0. The molecule has 17 nitrogen and oxygen atoms in total. The summed E-state index contributed by atoms with van der Waals surface area (Å²) in [7, 11) is 0. The predicted octanol–water partition coefficient (Wildman–Crippen LogP) is -3.26. The molecule has 276 valence electrons. The summed E-state index contributed by atoms with van der Waals surface area (Å²) in [6.45, 7) is -0.240. The topological polar surface area (TPSA) is 283 Å². The van der Waals surface area contributed by atoms with Gasteiger partial charge in [-0.05, 0) is 6.42 Å². The van der Waals surface area contributed by atoms with Crippen LogP contribution in [0, 0.1) is 0 Å². The fourth-order valence-corrected chi connectivity index (χ4v) is 5.41. The molecule has 0 unspecified atom stereocenters. The van der Waals surface area contributed by atoms with Crippen molar-refractivity contribution in [2.45, 2.75) is 157 Å². The second-order valence-corrected chi connectivity index (χ2v) is 12.1. The molecule has 0 saturated carbocycles. The number of aliphatic hydroxyl groups is 10. The number of ether oxygens (including phenoxy) is 5. The minimum atomic E-state index is -2.10. The van der Waals surface area contributed by atoms with E-state index in [0.29, 0.717) is 6.42 Å². The number of hydrogen-bond donors (Lipinski definition) is 10. The van der Waals surface area contributed by atoms with Crippen LogP contribution in [0.4, 0.5) is 0 Å². The molecule has 2 saturated heterocycles. The minimum absolute atomic E-state index is 0.0639. The zero-order chi connectivity index (χ0) is 35.1. The lowest BCUT2D eigenvalue weighted by Gasteiger charge is -2.46. The molecule has 47 heavy (non-hydrogen) atoms. The second kappa shape index (κ2) is 21.6. The van der Waals surface area contributed by atoms with E-state index in [2.05, 4.69) is 6.92 Å². The van der Waals surface area contributed by atoms with E-state index in [1.54, 1.807) is 0 Å². The van der Waals surface area contributed by atoms with Crippen molar-refractivity contribution in [2.75, 3.05) is 19.8 Å². The lowest BCUT2D eigenvalue weighted by molar-refractivity contribution is -0.367. The first-order chi connectivity index (χ1) is 22.4. The molecule has 0 aromatic heterocycles. The average molecular weight is 687 g/mol. The van der Waals surface area contributed by atoms with Crippen molar-refractivity contribution in [3.05, 3.63) is 0 Å². The lowest BCUT2D eigenvalue weighted by Crippen LogP contribution is -2.65. The molecule has 0 amide bonds. The average Bonchev–Trinajstić information content (AvgIpc) is 3.07. The standard InChI is InChI=1S/C30H54O17/c1-2-3-4-5-6-7-8-9-10-11-20(36)43-15-19-22(38)23(39)25(41)29(45-19)47-28-18(14-33)44-30(26(42)24(28)40)46-27(17(35)13-32)21(37)16(34)12-31/h12,16-19,21-30,32-35,37-42H,2-11,13-15H2,1H3/t16-,17+,18+,19+,21+,22+,23-,24+,25+,26+,27+,28+,29+,30+/m0/s1. The van der Waals surface area contributed by atoms with E-state index in [1.165, 1.54) is 25.7 Å². The van der Waals surface area contributed by atoms with E-state index < -0.39 is 112 Å². The van der Waals surface area contributed by atoms with Crippen LogP contribution in [-0.4, -0.2) is 169 Å². The number of aldehydes is 1. The molecule has 0 bridgehead atoms. The molecular formula is C30H54O17. The largest absolute Gasteiger partial charge is 0.463 e. The number of aliphatic hydroxyl groups excluding tert-OH is 10. The second-order valence-electron chi connectivity index (χ2n) is 12.1. The first kappa shape index (κ1) is 41.7. The Morgan fingerprint density at radius 2 is 1.34 bits per heavy atom. The van der Waals surface area contributed by atoms with Gasteiger partial charge in [0.2, 0.25) is 0 Å². The van der Waals surface area contributed by atoms with Gasteiger partial charge in [0.25, 0.3) is 0 Å². The van der Waals surface area contributed by atoms with Crippen molar-refractivity contribution in [1.29, 1.82) is 0 Å². The smallest absolute Gasteiger partial charge is 0.305 e. The number of carbonyl (C=O) groups excluding carboxylic acids is 2. The summed E-state index contributed by atoms with van der Waals surface area (Å²) in [5, 5.41) is 102. The van der Waals surface area contributed by atoms with Crippen LogP contribution < -0.4 is 0 Å². The van der Waals surface area contributed by atoms with E-state index in [9.17, 15) is 60.7 Å². The van der Waals surface area contributed by atoms with E-state index in [0.717, 1.165) is 25.7 Å². The first-order valence-electron chi connectivity index (χ1n) is 16.3. The van der Waals surface area contributed by atoms with E-state index in [-0.39, 0.29) is 12.7 Å². The maximum Gasteiger partial charge on any atom is 0.305 e. The quantitative estimate of drug-likeness (QED) is 0.0304. The van der Waals surface area contributed by atoms with Gasteiger partial charge in [0.15, 0.2) is 18.9 Å². The van der Waals surface area contributed by atoms with Gasteiger partial charge < -0.3 is 79.5 Å². The molecule has 0 aromatic rings. The van der Waals surface area contributed by atoms with Gasteiger partial charge in [-0.2, -0.15) is 0 Å². The van der Waals surface area contributed by atoms with Crippen LogP contribution >= 0.6 is 0 Å². The normalized spacial score (nSPS) is 33.9. The highest BCUT2D eigenvalue weighted by Gasteiger charge is 2.52. The monoisotopic (exact) mass is 686 g/mol. The Bertz CT molecular complexity index is 879. The number of esters is 1. The minimum Gasteiger partial charge on any atom is -0.463 e. The van der Waals surface area contributed by atoms with Crippen molar-refractivity contribution < 1.29 is 84.3 Å². The maximum absolute atomic E-state index is 12.3. The van der Waals surface area contributed by atoms with Gasteiger partial charge >= 0.3 is 5.97 Å². The zero-order valence-electron chi connectivity index (χ0n) is 26.7. The van der Waals surface area contributed by atoms with Gasteiger partial charge in [-0.25, -0.2) is 0 Å². The number of carbonyl (C=O) groups is 2. The molecule has 0 spiro atoms. The van der Waals surface area contributed by atoms with E-state index in [4.69, 9.17) is 23.7 Å². The Balaban J connectivity index is 1.95. The Labute approximate surface area is 273 Å². The fraction of sp³-hybridized carbons (Fsp3) is 0.933. The van der Waals surface area contributed by atoms with Crippen molar-refractivity contribution in [3.63, 3.8) is 0 Å². The van der Waals surface area contributed by atoms with Crippen LogP contribution in [-0.2, 0) is 33.3 Å². The Hall–Kier alpha value is -1.42. The third kappa shape index (κ3) is 12.4. The third-order valence-corrected chi connectivity index (χ3v) is 8.36. The highest BCUT2D eigenvalue weighted by Crippen LogP contribution is 2.31. The molecule has 0 aromatic carbocycles. The molecule has 2 heterocycles. The molecule has 2 aliphatic heterocycles. The zero-order valence-corrected chi connectivity index (χ0v) is 26.7. The summed E-state index contributed by atoms with van der Waals surface area (Å²) in [5.41, 5.74) is 0. The molecule has 0 aliphatic carbocycles. The van der Waals surface area contributed by atoms with E-state index in [1.807, 2.05) is 0 Å². The Morgan fingerprint density at radius 1 is 0.766 bits per heavy atom. The first-order valence-corrected chi connectivity index (χ1v) is 16.3. The number of hydrogen-bond acceptors (Lipinski definition) is 17. The molecule has 2 aliphatic rings. The lowest BCUT2D eigenvalue weighted by atomic mass is 9.96. The summed E-state index contributed by atoms with van der Waals surface area (Å²) in [5.74, 6) is -0.553. The summed E-state index contributed by atoms with van der Waals surface area (Å²) >= 11 is 0. The highest BCUT2D eigenvalue weighted by molar-refractivity contribution is 5.69. The third-order valence-electron chi connectivity index (χ3n) is 8.36. The van der Waals surface area contributed by atoms with Crippen molar-refractivity contribution >= 4 is 12.3 Å². The van der Waals surface area contributed by atoms with Gasteiger partial charge in [0, 0.05) is 6.42 Å². The highest BCUT2D eigenvalue weighted by atomic mass is 16.7. The van der Waals surface area contributed by atoms with Gasteiger partial charge in [-0.1, -0.05) is 58.3 Å². The van der Waals surface area contributed by atoms with Crippen LogP contribution in [0.25, 0.3) is 0 Å². The van der Waals surface area contributed by atoms with Gasteiger partial charge in [-0.15, -0.1) is 0 Å². The number of unbranched alkanes of at least 4 members (excludes halogenated alkanes) is 8. The molecule has 2 rings (SSSR count). The predicted molar refractivity (Wildman–Crippen MR) is 158 cm³/mol. The van der Waals surface area contributed by atoms with Gasteiger partial charge in [0.1, 0.15) is 79.9 Å². The molecule has 0 radical (unpaired) electrons. The van der Waals surface area contributed by atoms with Crippen LogP contribution in [0.5, 0.6) is 0 Å². The summed E-state index contributed by atoms with van der Waals surface area (Å²) < 4.78 is 27.1. The molecule has 10 N–H and O–H groups in total. The Morgan fingerprint density at radius 3 is 1.91 bits per heavy atom. The van der Waals surface area contributed by atoms with Crippen LogP contribution in [0.3, 0.4) is 0 Å². The molecule has 17 heteroatoms. The van der Waals surface area contributed by atoms with Crippen LogP contribution in [0.1, 0.15) is 71.1 Å². The van der Waals surface area contributed by atoms with Crippen LogP contribution in [0.15, 0.2) is 0 Å². The SMILES string of the molecule is CCCCCCCCCCCC(=O)OC[C@H]1O[C@H](O[C@H]2[C@H](O)[C@@H](O)[C@@H](O[C@@H]([C@H](O)[C@@H](O)C=O)[C@H](O)CO)O[C@@H]2CO)[C@H](O)[C@@H](O)[C@@H]1O. The van der Waals surface area contributed by atoms with E-state index >= 15 is 0 Å². The van der Waals surface area contributed by atoms with Crippen molar-refractivity contribution in [2.24, 2.45) is 0 Å². The fourth-order valence-electron chi connectivity index (χ4n) is 5.41. The van der Waals surface area contributed by atoms with Gasteiger partial charge in [0.05, 0.1) is 13.2 Å². The maximum atomic E-state index is 12.3.